The lowest BCUT2D eigenvalue weighted by atomic mass is 9.80. The summed E-state index contributed by atoms with van der Waals surface area (Å²) in [6.07, 6.45) is 2.70. The first-order valence-electron chi connectivity index (χ1n) is 16.7. The van der Waals surface area contributed by atoms with Gasteiger partial charge in [-0.2, -0.15) is 0 Å². The topological polar surface area (TPSA) is 53.4 Å². The standard InChI is InChI=1S/C18H28Cl2N2O.C18H29ClN2O/c1-4-18(23,12-15-5-6-16(19)11-17(15)20)14(2)13-22-9-7-21(3)8-10-22;1-4-18(22,13-16-6-5-7-17(19)12-16)15(2)14-21-10-8-20(3)9-11-21/h5-6,11,14,23H,4,7-10,12-13H2,1-3H3;5-7,12,15,22H,4,8-11,13-14H2,1-3H3. The Morgan fingerprint density at radius 2 is 1.13 bits per heavy atom. The summed E-state index contributed by atoms with van der Waals surface area (Å²) >= 11 is 18.3. The molecule has 0 aliphatic carbocycles. The van der Waals surface area contributed by atoms with Crippen LogP contribution in [0.4, 0.5) is 0 Å². The molecule has 2 fully saturated rings. The smallest absolute Gasteiger partial charge is 0.0723 e. The van der Waals surface area contributed by atoms with Crippen LogP contribution in [0.25, 0.3) is 0 Å². The van der Waals surface area contributed by atoms with E-state index >= 15 is 0 Å². The summed E-state index contributed by atoms with van der Waals surface area (Å²) < 4.78 is 0. The van der Waals surface area contributed by atoms with Crippen molar-refractivity contribution in [1.82, 2.24) is 19.6 Å². The van der Waals surface area contributed by atoms with E-state index < -0.39 is 11.2 Å². The molecule has 0 saturated carbocycles. The Hall–Kier alpha value is -0.930. The van der Waals surface area contributed by atoms with Crippen LogP contribution in [0, 0.1) is 11.8 Å². The minimum atomic E-state index is -0.749. The molecule has 4 unspecified atom stereocenters. The van der Waals surface area contributed by atoms with Crippen LogP contribution >= 0.6 is 34.8 Å². The lowest BCUT2D eigenvalue weighted by molar-refractivity contribution is -0.0316. The Kier molecular flexibility index (Phi) is 15.4. The summed E-state index contributed by atoms with van der Waals surface area (Å²) in [5, 5.41) is 24.3. The summed E-state index contributed by atoms with van der Waals surface area (Å²) in [5.74, 6) is 0.419. The second-order valence-corrected chi connectivity index (χ2v) is 14.9. The minimum absolute atomic E-state index is 0.183. The molecule has 254 valence electrons. The molecule has 0 radical (unpaired) electrons. The van der Waals surface area contributed by atoms with Crippen molar-refractivity contribution >= 4 is 34.8 Å². The van der Waals surface area contributed by atoms with Gasteiger partial charge in [-0.3, -0.25) is 0 Å². The number of likely N-dealkylation sites (N-methyl/N-ethyl adjacent to an activating group) is 2. The van der Waals surface area contributed by atoms with Crippen molar-refractivity contribution < 1.29 is 10.2 Å². The number of nitrogens with zero attached hydrogens (tertiary/aromatic N) is 4. The molecule has 2 aliphatic heterocycles. The maximum atomic E-state index is 11.2. The highest BCUT2D eigenvalue weighted by Gasteiger charge is 2.35. The number of rotatable bonds is 12. The Labute approximate surface area is 288 Å². The predicted molar refractivity (Wildman–Crippen MR) is 192 cm³/mol. The van der Waals surface area contributed by atoms with Crippen molar-refractivity contribution in [3.8, 4) is 0 Å². The van der Waals surface area contributed by atoms with Gasteiger partial charge >= 0.3 is 0 Å². The third kappa shape index (κ3) is 11.9. The van der Waals surface area contributed by atoms with Crippen LogP contribution in [-0.2, 0) is 12.8 Å². The highest BCUT2D eigenvalue weighted by molar-refractivity contribution is 6.35. The summed E-state index contributed by atoms with van der Waals surface area (Å²) in [5.41, 5.74) is 0.655. The number of hydrogen-bond acceptors (Lipinski definition) is 6. The molecule has 6 nitrogen and oxygen atoms in total. The van der Waals surface area contributed by atoms with E-state index in [9.17, 15) is 10.2 Å². The van der Waals surface area contributed by atoms with Crippen LogP contribution < -0.4 is 0 Å². The van der Waals surface area contributed by atoms with Gasteiger partial charge in [-0.25, -0.2) is 0 Å². The quantitative estimate of drug-likeness (QED) is 0.268. The summed E-state index contributed by atoms with van der Waals surface area (Å²) in [6, 6.07) is 13.4. The van der Waals surface area contributed by atoms with E-state index in [2.05, 4.69) is 60.5 Å². The van der Waals surface area contributed by atoms with Gasteiger partial charge in [0.1, 0.15) is 0 Å². The van der Waals surface area contributed by atoms with Gasteiger partial charge in [0.25, 0.3) is 0 Å². The fraction of sp³-hybridized carbons (Fsp3) is 0.667. The largest absolute Gasteiger partial charge is 0.389 e. The first kappa shape index (κ1) is 38.5. The maximum absolute atomic E-state index is 11.2. The third-order valence-electron chi connectivity index (χ3n) is 10.2. The molecule has 2 aliphatic rings. The first-order valence-corrected chi connectivity index (χ1v) is 17.8. The van der Waals surface area contributed by atoms with Gasteiger partial charge in [-0.05, 0) is 74.2 Å². The van der Waals surface area contributed by atoms with Crippen LogP contribution in [0.5, 0.6) is 0 Å². The minimum Gasteiger partial charge on any atom is -0.389 e. The Bertz CT molecular complexity index is 1170. The Morgan fingerprint density at radius 1 is 0.667 bits per heavy atom. The molecule has 4 rings (SSSR count). The average molecular weight is 684 g/mol. The fourth-order valence-corrected chi connectivity index (χ4v) is 7.15. The third-order valence-corrected chi connectivity index (χ3v) is 11.0. The van der Waals surface area contributed by atoms with Crippen molar-refractivity contribution in [3.63, 3.8) is 0 Å². The second kappa shape index (κ2) is 18.0. The molecular weight excluding hydrogens is 627 g/mol. The SMILES string of the molecule is CCC(O)(Cc1ccc(Cl)cc1Cl)C(C)CN1CCN(C)CC1.CCC(O)(Cc1cccc(Cl)c1)C(C)CN1CCN(C)CC1. The first-order chi connectivity index (χ1) is 21.3. The molecule has 0 aromatic heterocycles. The van der Waals surface area contributed by atoms with Gasteiger partial charge in [-0.1, -0.05) is 80.7 Å². The maximum Gasteiger partial charge on any atom is 0.0723 e. The van der Waals surface area contributed by atoms with E-state index in [1.54, 1.807) is 6.07 Å². The zero-order chi connectivity index (χ0) is 33.2. The second-order valence-electron chi connectivity index (χ2n) is 13.6. The molecule has 2 N–H and O–H groups in total. The lowest BCUT2D eigenvalue weighted by Crippen LogP contribution is -2.50. The highest BCUT2D eigenvalue weighted by Crippen LogP contribution is 2.32. The van der Waals surface area contributed by atoms with Crippen molar-refractivity contribution in [2.45, 2.75) is 64.6 Å². The molecule has 2 heterocycles. The van der Waals surface area contributed by atoms with Gasteiger partial charge in [0.2, 0.25) is 0 Å². The summed E-state index contributed by atoms with van der Waals surface area (Å²) in [4.78, 5) is 9.64. The van der Waals surface area contributed by atoms with E-state index in [1.165, 1.54) is 0 Å². The van der Waals surface area contributed by atoms with Crippen molar-refractivity contribution in [1.29, 1.82) is 0 Å². The fourth-order valence-electron chi connectivity index (χ4n) is 6.47. The van der Waals surface area contributed by atoms with Crippen LogP contribution in [0.1, 0.15) is 51.7 Å². The molecule has 45 heavy (non-hydrogen) atoms. The zero-order valence-electron chi connectivity index (χ0n) is 28.4. The van der Waals surface area contributed by atoms with Gasteiger partial charge in [-0.15, -0.1) is 0 Å². The van der Waals surface area contributed by atoms with E-state index in [-0.39, 0.29) is 11.8 Å². The van der Waals surface area contributed by atoms with Crippen molar-refractivity contribution in [2.24, 2.45) is 11.8 Å². The number of halogens is 3. The predicted octanol–water partition coefficient (Wildman–Crippen LogP) is 6.47. The lowest BCUT2D eigenvalue weighted by Gasteiger charge is -2.39. The summed E-state index contributed by atoms with van der Waals surface area (Å²) in [7, 11) is 4.33. The number of aliphatic hydroxyl groups is 2. The average Bonchev–Trinajstić information content (AvgIpc) is 3.01. The number of hydrogen-bond donors (Lipinski definition) is 2. The van der Waals surface area contributed by atoms with E-state index in [0.717, 1.165) is 88.0 Å². The van der Waals surface area contributed by atoms with Gasteiger partial charge in [0.15, 0.2) is 0 Å². The van der Waals surface area contributed by atoms with E-state index in [0.29, 0.717) is 29.3 Å². The Morgan fingerprint density at radius 3 is 1.58 bits per heavy atom. The van der Waals surface area contributed by atoms with Crippen molar-refractivity contribution in [3.05, 3.63) is 68.7 Å². The summed E-state index contributed by atoms with van der Waals surface area (Å²) in [6.45, 7) is 19.1. The van der Waals surface area contributed by atoms with Gasteiger partial charge < -0.3 is 29.8 Å². The monoisotopic (exact) mass is 682 g/mol. The molecule has 0 spiro atoms. The molecule has 9 heteroatoms. The Balaban J connectivity index is 0.000000246. The van der Waals surface area contributed by atoms with Gasteiger partial charge in [0.05, 0.1) is 11.2 Å². The highest BCUT2D eigenvalue weighted by atomic mass is 35.5. The number of piperazine rings is 2. The molecule has 2 aromatic carbocycles. The molecular formula is C36H57Cl3N4O2. The van der Waals surface area contributed by atoms with Gasteiger partial charge in [0, 0.05) is 93.4 Å². The van der Waals surface area contributed by atoms with Crippen LogP contribution in [0.2, 0.25) is 15.1 Å². The van der Waals surface area contributed by atoms with Crippen LogP contribution in [0.3, 0.4) is 0 Å². The normalized spacial score (nSPS) is 21.3. The van der Waals surface area contributed by atoms with Crippen molar-refractivity contribution in [2.75, 3.05) is 79.5 Å². The molecule has 0 bridgehead atoms. The zero-order valence-corrected chi connectivity index (χ0v) is 30.7. The molecule has 2 aromatic rings. The van der Waals surface area contributed by atoms with E-state index in [4.69, 9.17) is 34.8 Å². The molecule has 2 saturated heterocycles. The number of benzene rings is 2. The van der Waals surface area contributed by atoms with Crippen LogP contribution in [-0.4, -0.2) is 121 Å². The molecule has 4 atom stereocenters. The van der Waals surface area contributed by atoms with E-state index in [1.807, 2.05) is 37.3 Å². The van der Waals surface area contributed by atoms with Crippen LogP contribution in [0.15, 0.2) is 42.5 Å². The molecule has 0 amide bonds.